The number of carbonyl (C=O) groups is 4. The molecule has 0 atom stereocenters. The van der Waals surface area contributed by atoms with E-state index in [1.807, 2.05) is 267 Å². The van der Waals surface area contributed by atoms with Crippen molar-refractivity contribution in [2.45, 2.75) is 25.7 Å². The van der Waals surface area contributed by atoms with Crippen LogP contribution in [-0.2, 0) is 44.9 Å². The van der Waals surface area contributed by atoms with E-state index in [0.29, 0.717) is 112 Å². The number of nitrogens with one attached hydrogen (secondary N) is 6. The van der Waals surface area contributed by atoms with E-state index in [1.54, 1.807) is 0 Å². The van der Waals surface area contributed by atoms with Crippen molar-refractivity contribution in [3.05, 3.63) is 288 Å². The van der Waals surface area contributed by atoms with Crippen LogP contribution >= 0.6 is 0 Å². The molecule has 0 unspecified atom stereocenters. The third kappa shape index (κ3) is 12.3. The minimum atomic E-state index is -0.187. The molecule has 0 spiro atoms. The molecule has 5 heterocycles. The van der Waals surface area contributed by atoms with Gasteiger partial charge in [-0.05, 0) is 95.1 Å². The first-order valence-corrected chi connectivity index (χ1v) is 29.1. The van der Waals surface area contributed by atoms with E-state index in [0.717, 1.165) is 22.3 Å². The second-order valence-electron chi connectivity index (χ2n) is 21.5. The van der Waals surface area contributed by atoms with Crippen LogP contribution in [0, 0.1) is 0 Å². The van der Waals surface area contributed by atoms with Gasteiger partial charge in [-0.3, -0.25) is 19.2 Å². The predicted molar refractivity (Wildman–Crippen MR) is 356 cm³/mol. The van der Waals surface area contributed by atoms with Gasteiger partial charge in [0.25, 0.3) is 0 Å². The van der Waals surface area contributed by atoms with Crippen molar-refractivity contribution in [1.29, 1.82) is 0 Å². The average molecular weight is 1150 g/mol. The Hall–Kier alpha value is -11.8. The fraction of sp³-hybridized carbons (Fsp3) is 0.0526. The third-order valence-electron chi connectivity index (χ3n) is 15.5. The van der Waals surface area contributed by atoms with Gasteiger partial charge in [-0.15, -0.1) is 0 Å². The number of rotatable bonds is 16. The van der Waals surface area contributed by atoms with Crippen LogP contribution in [0.1, 0.15) is 45.0 Å². The summed E-state index contributed by atoms with van der Waals surface area (Å²) in [4.78, 5) is 75.0. The van der Waals surface area contributed by atoms with Crippen molar-refractivity contribution in [2.24, 2.45) is 0 Å². The lowest BCUT2D eigenvalue weighted by atomic mass is 10.0. The summed E-state index contributed by atoms with van der Waals surface area (Å²) in [6.45, 7) is 0. The summed E-state index contributed by atoms with van der Waals surface area (Å²) in [6, 6.07) is 77.4. The number of anilines is 4. The summed E-state index contributed by atoms with van der Waals surface area (Å²) in [5.74, 6) is -0.749. The number of fused-ring (bicyclic) bond motifs is 8. The topological polar surface area (TPSA) is 174 Å². The number of carbonyl (C=O) groups excluding carboxylic acids is 4. The first-order chi connectivity index (χ1) is 43.2. The number of hydrogen-bond acceptors (Lipinski definition) is 6. The number of aromatic nitrogens is 4. The second kappa shape index (κ2) is 25.2. The predicted octanol–water partition coefficient (Wildman–Crippen LogP) is 16.0. The minimum absolute atomic E-state index is 0.162. The molecular formula is C76H58N8O4. The molecule has 0 saturated heterocycles. The fourth-order valence-electron chi connectivity index (χ4n) is 11.5. The Morgan fingerprint density at radius 3 is 0.693 bits per heavy atom. The van der Waals surface area contributed by atoms with E-state index < -0.39 is 0 Å². The lowest BCUT2D eigenvalue weighted by Gasteiger charge is -2.14. The van der Waals surface area contributed by atoms with Crippen LogP contribution in [0.5, 0.6) is 0 Å². The molecule has 88 heavy (non-hydrogen) atoms. The molecule has 2 aliphatic rings. The molecule has 3 aromatic heterocycles. The molecule has 0 radical (unpaired) electrons. The van der Waals surface area contributed by atoms with Gasteiger partial charge >= 0.3 is 0 Å². The van der Waals surface area contributed by atoms with E-state index in [9.17, 15) is 19.2 Å². The van der Waals surface area contributed by atoms with E-state index in [4.69, 9.17) is 9.97 Å². The number of para-hydroxylation sites is 4. The first-order valence-electron chi connectivity index (χ1n) is 29.1. The SMILES string of the molecule is O=C(Cc1ccccc1)Nc1ccccc1-c1c2nc(c(-c3ccccc3NC(=O)Cc3ccccc3)c3ccc([nH]3)c(-c3ccccc3NC(=O)Cc3ccccc3)c3nc(c(-c4ccccc4NC(=O)Cc4ccccc4)c4ccc1[nH]4)C=C3)C=C2. The second-order valence-corrected chi connectivity index (χ2v) is 21.5. The molecule has 0 aliphatic carbocycles. The maximum absolute atomic E-state index is 14.1. The molecule has 6 N–H and O–H groups in total. The van der Waals surface area contributed by atoms with Crippen molar-refractivity contribution >= 4 is 92.7 Å². The maximum Gasteiger partial charge on any atom is 0.228 e. The quantitative estimate of drug-likeness (QED) is 0.0562. The van der Waals surface area contributed by atoms with Gasteiger partial charge in [-0.25, -0.2) is 9.97 Å². The normalized spacial score (nSPS) is 11.5. The van der Waals surface area contributed by atoms with Gasteiger partial charge in [0.15, 0.2) is 0 Å². The standard InChI is InChI=1S/C76H58N8O4/c85-69(45-49-21-5-1-6-22-49)81-57-33-17-13-29-53(57)73-61-37-39-63(77-61)74(54-30-14-18-34-58(54)82-70(86)46-50-23-7-2-8-24-50)65-41-43-67(79-65)76(56-32-16-20-36-60(56)84-72(88)48-52-27-11-4-12-28-52)68-44-42-66(80-68)75(64-40-38-62(73)78-64)55-31-15-19-35-59(55)83-71(87)47-51-25-9-3-10-26-51/h1-44,77,80H,45-48H2,(H,81,85)(H,82,86)(H,83,87)(H,84,88). The van der Waals surface area contributed by atoms with E-state index in [-0.39, 0.29) is 49.3 Å². The third-order valence-corrected chi connectivity index (χ3v) is 15.5. The highest BCUT2D eigenvalue weighted by atomic mass is 16.2. The molecular weight excluding hydrogens is 1090 g/mol. The van der Waals surface area contributed by atoms with Crippen LogP contribution < -0.4 is 21.3 Å². The molecule has 426 valence electrons. The number of benzene rings is 8. The molecule has 12 heteroatoms. The molecule has 12 nitrogen and oxygen atoms in total. The summed E-state index contributed by atoms with van der Waals surface area (Å²) in [7, 11) is 0. The van der Waals surface area contributed by atoms with Gasteiger partial charge in [-0.2, -0.15) is 0 Å². The van der Waals surface area contributed by atoms with Crippen LogP contribution in [0.2, 0.25) is 0 Å². The largest absolute Gasteiger partial charge is 0.354 e. The molecule has 4 amide bonds. The molecule has 2 aliphatic heterocycles. The Kier molecular flexibility index (Phi) is 15.9. The number of amides is 4. The molecule has 8 aromatic carbocycles. The first kappa shape index (κ1) is 55.4. The Balaban J connectivity index is 1.08. The summed E-state index contributed by atoms with van der Waals surface area (Å²) in [5, 5.41) is 13.0. The smallest absolute Gasteiger partial charge is 0.228 e. The maximum atomic E-state index is 14.1. The number of nitrogens with zero attached hydrogens (tertiary/aromatic N) is 2. The molecule has 0 fully saturated rings. The zero-order valence-corrected chi connectivity index (χ0v) is 47.8. The van der Waals surface area contributed by atoms with Gasteiger partial charge in [0.2, 0.25) is 23.6 Å². The van der Waals surface area contributed by atoms with Crippen LogP contribution in [0.3, 0.4) is 0 Å². The van der Waals surface area contributed by atoms with Gasteiger partial charge in [-0.1, -0.05) is 194 Å². The van der Waals surface area contributed by atoms with Gasteiger partial charge < -0.3 is 31.2 Å². The lowest BCUT2D eigenvalue weighted by Crippen LogP contribution is -2.15. The molecule has 8 bridgehead atoms. The van der Waals surface area contributed by atoms with E-state index in [2.05, 4.69) is 31.2 Å². The average Bonchev–Trinajstić information content (AvgIpc) is 1.98. The zero-order chi connectivity index (χ0) is 59.8. The van der Waals surface area contributed by atoms with E-state index in [1.165, 1.54) is 0 Å². The van der Waals surface area contributed by atoms with Crippen molar-refractivity contribution in [2.75, 3.05) is 21.3 Å². The van der Waals surface area contributed by atoms with Crippen LogP contribution in [0.4, 0.5) is 22.7 Å². The van der Waals surface area contributed by atoms with Crippen molar-refractivity contribution in [3.63, 3.8) is 0 Å². The van der Waals surface area contributed by atoms with Crippen LogP contribution in [-0.4, -0.2) is 43.6 Å². The fourth-order valence-corrected chi connectivity index (χ4v) is 11.5. The van der Waals surface area contributed by atoms with Gasteiger partial charge in [0, 0.05) is 89.3 Å². The Labute approximate surface area is 508 Å². The summed E-state index contributed by atoms with van der Waals surface area (Å²) < 4.78 is 0. The lowest BCUT2D eigenvalue weighted by molar-refractivity contribution is -0.116. The summed E-state index contributed by atoms with van der Waals surface area (Å²) >= 11 is 0. The summed E-state index contributed by atoms with van der Waals surface area (Å²) in [6.07, 6.45) is 8.56. The Morgan fingerprint density at radius 2 is 0.466 bits per heavy atom. The Bertz CT molecular complexity index is 4120. The van der Waals surface area contributed by atoms with Crippen molar-refractivity contribution < 1.29 is 19.2 Å². The highest BCUT2D eigenvalue weighted by Crippen LogP contribution is 2.43. The van der Waals surface area contributed by atoms with Crippen LogP contribution in [0.15, 0.2) is 243 Å². The van der Waals surface area contributed by atoms with Crippen molar-refractivity contribution in [3.8, 4) is 44.5 Å². The van der Waals surface area contributed by atoms with Crippen LogP contribution in [0.25, 0.3) is 90.9 Å². The molecule has 13 rings (SSSR count). The Morgan fingerprint density at radius 1 is 0.261 bits per heavy atom. The number of H-pyrrole nitrogens is 2. The minimum Gasteiger partial charge on any atom is -0.354 e. The number of hydrogen-bond donors (Lipinski definition) is 6. The van der Waals surface area contributed by atoms with E-state index >= 15 is 0 Å². The molecule has 0 saturated carbocycles. The summed E-state index contributed by atoms with van der Waals surface area (Å²) in [5.41, 5.74) is 16.5. The van der Waals surface area contributed by atoms with Crippen molar-refractivity contribution in [1.82, 2.24) is 19.9 Å². The zero-order valence-electron chi connectivity index (χ0n) is 47.8. The number of aromatic amines is 2. The van der Waals surface area contributed by atoms with Gasteiger partial charge in [0.1, 0.15) is 0 Å². The molecule has 11 aromatic rings. The highest BCUT2D eigenvalue weighted by Gasteiger charge is 2.24. The highest BCUT2D eigenvalue weighted by molar-refractivity contribution is 6.08. The van der Waals surface area contributed by atoms with Gasteiger partial charge in [0.05, 0.1) is 48.5 Å². The monoisotopic (exact) mass is 1150 g/mol.